The van der Waals surface area contributed by atoms with Crippen LogP contribution in [-0.4, -0.2) is 66.0 Å². The Labute approximate surface area is 182 Å². The first-order valence-electron chi connectivity index (χ1n) is 10.5. The Bertz CT molecular complexity index is 949. The lowest BCUT2D eigenvalue weighted by molar-refractivity contribution is -0.120. The molecule has 2 aromatic rings. The van der Waals surface area contributed by atoms with Crippen molar-refractivity contribution in [3.05, 3.63) is 29.4 Å². The molecule has 3 rings (SSSR count). The van der Waals surface area contributed by atoms with Crippen LogP contribution >= 0.6 is 11.3 Å². The molecule has 1 aliphatic rings. The summed E-state index contributed by atoms with van der Waals surface area (Å²) in [5, 5.41) is 7.23. The molecule has 1 atom stereocenters. The third kappa shape index (κ3) is 5.48. The maximum Gasteiger partial charge on any atom is 0.252 e. The van der Waals surface area contributed by atoms with Crippen molar-refractivity contribution in [3.8, 4) is 0 Å². The summed E-state index contributed by atoms with van der Waals surface area (Å²) >= 11 is 1.27. The minimum Gasteiger partial charge on any atom is -0.323 e. The Balaban J connectivity index is 1.58. The summed E-state index contributed by atoms with van der Waals surface area (Å²) in [7, 11) is -3.55. The minimum absolute atomic E-state index is 0.152. The van der Waals surface area contributed by atoms with Crippen LogP contribution < -0.4 is 5.32 Å². The number of hydrogen-bond donors (Lipinski definition) is 1. The number of piperidine rings is 1. The lowest BCUT2D eigenvalue weighted by Gasteiger charge is -2.30. The highest BCUT2D eigenvalue weighted by atomic mass is 32.2. The first kappa shape index (κ1) is 22.9. The molecule has 10 heteroatoms. The number of amides is 1. The Morgan fingerprint density at radius 1 is 1.33 bits per heavy atom. The van der Waals surface area contributed by atoms with Crippen molar-refractivity contribution in [3.63, 3.8) is 0 Å². The molecule has 0 aromatic carbocycles. The van der Waals surface area contributed by atoms with Gasteiger partial charge in [-0.1, -0.05) is 13.8 Å². The smallest absolute Gasteiger partial charge is 0.252 e. The van der Waals surface area contributed by atoms with E-state index in [9.17, 15) is 13.2 Å². The van der Waals surface area contributed by atoms with Crippen LogP contribution in [0.3, 0.4) is 0 Å². The molecule has 1 N–H and O–H groups in total. The van der Waals surface area contributed by atoms with Gasteiger partial charge < -0.3 is 10.2 Å². The van der Waals surface area contributed by atoms with Gasteiger partial charge in [0.15, 0.2) is 0 Å². The Morgan fingerprint density at radius 2 is 2.10 bits per heavy atom. The number of thiophene rings is 1. The lowest BCUT2D eigenvalue weighted by Crippen LogP contribution is -2.43. The van der Waals surface area contributed by atoms with Gasteiger partial charge in [-0.3, -0.25) is 9.48 Å². The number of nitrogens with one attached hydrogen (secondary N) is 1. The zero-order valence-corrected chi connectivity index (χ0v) is 19.5. The van der Waals surface area contributed by atoms with Gasteiger partial charge in [-0.25, -0.2) is 8.42 Å². The molecular weight excluding hydrogens is 422 g/mol. The molecule has 2 aromatic heterocycles. The van der Waals surface area contributed by atoms with Crippen molar-refractivity contribution >= 4 is 33.0 Å². The van der Waals surface area contributed by atoms with Crippen LogP contribution in [0, 0.1) is 12.8 Å². The van der Waals surface area contributed by atoms with Gasteiger partial charge in [-0.15, -0.1) is 11.3 Å². The number of aryl methyl sites for hydroxylation is 1. The van der Waals surface area contributed by atoms with Crippen molar-refractivity contribution in [2.24, 2.45) is 5.92 Å². The fraction of sp³-hybridized carbons (Fsp3) is 0.600. The van der Waals surface area contributed by atoms with Crippen molar-refractivity contribution < 1.29 is 13.2 Å². The van der Waals surface area contributed by atoms with Crippen molar-refractivity contribution in [1.82, 2.24) is 19.0 Å². The largest absolute Gasteiger partial charge is 0.323 e. The maximum atomic E-state index is 12.9. The topological polar surface area (TPSA) is 87.5 Å². The number of sulfonamides is 1. The molecule has 0 spiro atoms. The summed E-state index contributed by atoms with van der Waals surface area (Å²) < 4.78 is 29.4. The molecule has 0 aliphatic carbocycles. The van der Waals surface area contributed by atoms with E-state index in [-0.39, 0.29) is 18.4 Å². The van der Waals surface area contributed by atoms with E-state index in [4.69, 9.17) is 0 Å². The number of hydrogen-bond acceptors (Lipinski definition) is 6. The standard InChI is InChI=1S/C20H31N5O3S2/c1-4-23(5-2)11-12-24-15-18(13-21-24)22-20(26)17-7-6-10-25(14-17)30(27,28)19-9-8-16(3)29-19/h8-9,13,15,17H,4-7,10-12,14H2,1-3H3,(H,22,26). The van der Waals surface area contributed by atoms with Crippen molar-refractivity contribution in [1.29, 1.82) is 0 Å². The monoisotopic (exact) mass is 453 g/mol. The normalized spacial score (nSPS) is 18.1. The Kier molecular flexibility index (Phi) is 7.67. The maximum absolute atomic E-state index is 12.9. The van der Waals surface area contributed by atoms with Gasteiger partial charge in [0.2, 0.25) is 5.91 Å². The van der Waals surface area contributed by atoms with E-state index in [1.54, 1.807) is 12.3 Å². The molecule has 0 radical (unpaired) electrons. The molecule has 166 valence electrons. The van der Waals surface area contributed by atoms with Gasteiger partial charge in [0.25, 0.3) is 10.0 Å². The number of anilines is 1. The second-order valence-corrected chi connectivity index (χ2v) is 11.0. The zero-order valence-electron chi connectivity index (χ0n) is 17.9. The molecule has 3 heterocycles. The van der Waals surface area contributed by atoms with Crippen LogP contribution in [0.2, 0.25) is 0 Å². The molecule has 0 bridgehead atoms. The summed E-state index contributed by atoms with van der Waals surface area (Å²) in [6, 6.07) is 3.45. The Morgan fingerprint density at radius 3 is 2.77 bits per heavy atom. The van der Waals surface area contributed by atoms with E-state index in [0.29, 0.717) is 29.3 Å². The van der Waals surface area contributed by atoms with Gasteiger partial charge >= 0.3 is 0 Å². The van der Waals surface area contributed by atoms with E-state index < -0.39 is 10.0 Å². The van der Waals surface area contributed by atoms with Crippen LogP contribution in [0.1, 0.15) is 31.6 Å². The molecule has 1 unspecified atom stereocenters. The average molecular weight is 454 g/mol. The number of carbonyl (C=O) groups is 1. The van der Waals surface area contributed by atoms with Crippen LogP contribution in [-0.2, 0) is 21.4 Å². The summed E-state index contributed by atoms with van der Waals surface area (Å²) in [4.78, 5) is 16.0. The van der Waals surface area contributed by atoms with E-state index in [2.05, 4.69) is 29.2 Å². The molecule has 1 saturated heterocycles. The van der Waals surface area contributed by atoms with E-state index >= 15 is 0 Å². The predicted octanol–water partition coefficient (Wildman–Crippen LogP) is 2.63. The second-order valence-electron chi connectivity index (χ2n) is 7.58. The lowest BCUT2D eigenvalue weighted by atomic mass is 9.99. The van der Waals surface area contributed by atoms with Gasteiger partial charge in [-0.2, -0.15) is 9.40 Å². The number of likely N-dealkylation sites (N-methyl/N-ethyl adjacent to an activating group) is 1. The quantitative estimate of drug-likeness (QED) is 0.631. The highest BCUT2D eigenvalue weighted by Gasteiger charge is 2.34. The highest BCUT2D eigenvalue weighted by molar-refractivity contribution is 7.91. The summed E-state index contributed by atoms with van der Waals surface area (Å²) in [5.41, 5.74) is 0.647. The first-order chi connectivity index (χ1) is 14.3. The number of aromatic nitrogens is 2. The molecule has 30 heavy (non-hydrogen) atoms. The molecule has 0 saturated carbocycles. The van der Waals surface area contributed by atoms with Crippen LogP contribution in [0.15, 0.2) is 28.7 Å². The first-order valence-corrected chi connectivity index (χ1v) is 12.7. The number of rotatable bonds is 9. The highest BCUT2D eigenvalue weighted by Crippen LogP contribution is 2.28. The zero-order chi connectivity index (χ0) is 21.7. The van der Waals surface area contributed by atoms with Crippen LogP contribution in [0.5, 0.6) is 0 Å². The second kappa shape index (κ2) is 10.0. The van der Waals surface area contributed by atoms with Crippen LogP contribution in [0.25, 0.3) is 0 Å². The molecule has 1 amide bonds. The fourth-order valence-corrected chi connectivity index (χ4v) is 6.59. The minimum atomic E-state index is -3.55. The summed E-state index contributed by atoms with van der Waals surface area (Å²) in [5.74, 6) is -0.519. The van der Waals surface area contributed by atoms with Crippen molar-refractivity contribution in [2.45, 2.75) is 44.4 Å². The molecule has 8 nitrogen and oxygen atoms in total. The molecular formula is C20H31N5O3S2. The number of nitrogens with zero attached hydrogens (tertiary/aromatic N) is 4. The summed E-state index contributed by atoms with van der Waals surface area (Å²) in [6.45, 7) is 10.5. The molecule has 1 aliphatic heterocycles. The van der Waals surface area contributed by atoms with E-state index in [0.717, 1.165) is 31.1 Å². The fourth-order valence-electron chi connectivity index (χ4n) is 3.63. The van der Waals surface area contributed by atoms with E-state index in [1.165, 1.54) is 15.6 Å². The third-order valence-electron chi connectivity index (χ3n) is 5.51. The van der Waals surface area contributed by atoms with Crippen LogP contribution in [0.4, 0.5) is 5.69 Å². The third-order valence-corrected chi connectivity index (χ3v) is 8.84. The summed E-state index contributed by atoms with van der Waals surface area (Å²) in [6.07, 6.45) is 4.82. The number of carbonyl (C=O) groups excluding carboxylic acids is 1. The van der Waals surface area contributed by atoms with Crippen molar-refractivity contribution in [2.75, 3.05) is 38.0 Å². The van der Waals surface area contributed by atoms with Gasteiger partial charge in [0.1, 0.15) is 4.21 Å². The van der Waals surface area contributed by atoms with Gasteiger partial charge in [0.05, 0.1) is 24.3 Å². The Hall–Kier alpha value is -1.75. The molecule has 1 fully saturated rings. The SMILES string of the molecule is CCN(CC)CCn1cc(NC(=O)C2CCCN(S(=O)(=O)c3ccc(C)s3)C2)cn1. The predicted molar refractivity (Wildman–Crippen MR) is 119 cm³/mol. The van der Waals surface area contributed by atoms with Gasteiger partial charge in [-0.05, 0) is 45.0 Å². The van der Waals surface area contributed by atoms with Gasteiger partial charge in [0, 0.05) is 30.7 Å². The van der Waals surface area contributed by atoms with E-state index in [1.807, 2.05) is 23.9 Å². The average Bonchev–Trinajstić information content (AvgIpc) is 3.38.